The fourth-order valence-corrected chi connectivity index (χ4v) is 4.94. The lowest BCUT2D eigenvalue weighted by Crippen LogP contribution is -2.43. The van der Waals surface area contributed by atoms with Crippen LogP contribution in [0.1, 0.15) is 60.4 Å². The fraction of sp³-hybridized carbons (Fsp3) is 0.370. The predicted molar refractivity (Wildman–Crippen MR) is 122 cm³/mol. The van der Waals surface area contributed by atoms with E-state index in [-0.39, 0.29) is 60.3 Å². The summed E-state index contributed by atoms with van der Waals surface area (Å²) in [7, 11) is 1.40. The number of rotatable bonds is 6. The summed E-state index contributed by atoms with van der Waals surface area (Å²) in [4.78, 5) is 63.9. The number of carbonyl (C=O) groups is 5. The highest BCUT2D eigenvalue weighted by atomic mass is 16.6. The normalized spacial score (nSPS) is 17.8. The highest BCUT2D eigenvalue weighted by Crippen LogP contribution is 2.43. The Morgan fingerprint density at radius 1 is 0.765 bits per heavy atom. The maximum Gasteiger partial charge on any atom is 0.343 e. The minimum Gasteiger partial charge on any atom is -0.493 e. The first-order chi connectivity index (χ1) is 16.4. The van der Waals surface area contributed by atoms with Crippen LogP contribution in [0, 0.1) is 11.8 Å². The van der Waals surface area contributed by atoms with Gasteiger partial charge in [-0.05, 0) is 42.7 Å². The molecule has 2 aromatic rings. The molecule has 2 fully saturated rings. The Morgan fingerprint density at radius 3 is 1.79 bits per heavy atom. The minimum absolute atomic E-state index is 0.154. The van der Waals surface area contributed by atoms with Gasteiger partial charge in [-0.15, -0.1) is 0 Å². The van der Waals surface area contributed by atoms with Gasteiger partial charge in [0, 0.05) is 31.6 Å². The van der Waals surface area contributed by atoms with Gasteiger partial charge in [-0.3, -0.25) is 19.2 Å². The molecule has 0 atom stereocenters. The van der Waals surface area contributed by atoms with Crippen LogP contribution in [0.4, 0.5) is 0 Å². The van der Waals surface area contributed by atoms with Crippen molar-refractivity contribution in [2.24, 2.45) is 11.8 Å². The van der Waals surface area contributed by atoms with E-state index in [2.05, 4.69) is 0 Å². The van der Waals surface area contributed by atoms with Crippen LogP contribution in [0.3, 0.4) is 0 Å². The van der Waals surface area contributed by atoms with E-state index in [1.807, 2.05) is 0 Å². The van der Waals surface area contributed by atoms with Crippen molar-refractivity contribution in [1.29, 1.82) is 0 Å². The number of Topliss-reactive ketones (excluding diaryl/α,β-unsaturated/α-hetero) is 4. The molecule has 0 radical (unpaired) electrons. The molecule has 0 bridgehead atoms. The number of benzene rings is 2. The molecule has 4 rings (SSSR count). The summed E-state index contributed by atoms with van der Waals surface area (Å²) in [6.07, 6.45) is 1.92. The van der Waals surface area contributed by atoms with Crippen molar-refractivity contribution in [3.8, 4) is 11.5 Å². The van der Waals surface area contributed by atoms with Gasteiger partial charge in [0.1, 0.15) is 23.1 Å². The van der Waals surface area contributed by atoms with Gasteiger partial charge in [0.25, 0.3) is 0 Å². The first kappa shape index (κ1) is 23.5. The first-order valence-electron chi connectivity index (χ1n) is 11.5. The van der Waals surface area contributed by atoms with Gasteiger partial charge in [0.05, 0.1) is 24.5 Å². The summed E-state index contributed by atoms with van der Waals surface area (Å²) in [6, 6.07) is 13.1. The second-order valence-electron chi connectivity index (χ2n) is 8.72. The van der Waals surface area contributed by atoms with E-state index in [1.54, 1.807) is 42.5 Å². The van der Waals surface area contributed by atoms with Gasteiger partial charge < -0.3 is 9.47 Å². The topological polar surface area (TPSA) is 104 Å². The molecule has 0 saturated heterocycles. The maximum atomic E-state index is 12.9. The van der Waals surface area contributed by atoms with Crippen LogP contribution in [-0.4, -0.2) is 36.2 Å². The SMILES string of the molecule is COc1cc(C(C2C(=O)CCCC2=O)C2C(=O)CCCC2=O)ccc1OC(=O)c1ccccc1. The zero-order valence-corrected chi connectivity index (χ0v) is 19.0. The molecule has 2 aromatic carbocycles. The summed E-state index contributed by atoms with van der Waals surface area (Å²) in [5.74, 6) is -4.18. The number of ketones is 4. The van der Waals surface area contributed by atoms with Crippen molar-refractivity contribution in [1.82, 2.24) is 0 Å². The summed E-state index contributed by atoms with van der Waals surface area (Å²) in [5.41, 5.74) is 0.835. The van der Waals surface area contributed by atoms with Gasteiger partial charge in [0.15, 0.2) is 11.5 Å². The van der Waals surface area contributed by atoms with E-state index >= 15 is 0 Å². The average molecular weight is 462 g/mol. The summed E-state index contributed by atoms with van der Waals surface area (Å²) < 4.78 is 10.9. The molecular formula is C27H26O7. The van der Waals surface area contributed by atoms with Crippen molar-refractivity contribution < 1.29 is 33.4 Å². The second kappa shape index (κ2) is 10.1. The molecule has 7 nitrogen and oxygen atoms in total. The third-order valence-electron chi connectivity index (χ3n) is 6.58. The summed E-state index contributed by atoms with van der Waals surface area (Å²) >= 11 is 0. The smallest absolute Gasteiger partial charge is 0.343 e. The number of methoxy groups -OCH3 is 1. The molecular weight excluding hydrogens is 436 g/mol. The van der Waals surface area contributed by atoms with Crippen LogP contribution in [0.5, 0.6) is 11.5 Å². The number of esters is 1. The molecule has 2 aliphatic carbocycles. The van der Waals surface area contributed by atoms with Crippen LogP contribution < -0.4 is 9.47 Å². The summed E-state index contributed by atoms with van der Waals surface area (Å²) in [5, 5.41) is 0. The molecule has 176 valence electrons. The van der Waals surface area contributed by atoms with Gasteiger partial charge in [-0.1, -0.05) is 24.3 Å². The van der Waals surface area contributed by atoms with Crippen molar-refractivity contribution in [2.75, 3.05) is 7.11 Å². The molecule has 0 aliphatic heterocycles. The Labute approximate surface area is 197 Å². The van der Waals surface area contributed by atoms with E-state index in [0.29, 0.717) is 24.0 Å². The first-order valence-corrected chi connectivity index (χ1v) is 11.5. The third kappa shape index (κ3) is 4.69. The lowest BCUT2D eigenvalue weighted by molar-refractivity contribution is -0.141. The molecule has 7 heteroatoms. The van der Waals surface area contributed by atoms with Crippen LogP contribution in [-0.2, 0) is 19.2 Å². The molecule has 0 aromatic heterocycles. The number of ether oxygens (including phenoxy) is 2. The highest BCUT2D eigenvalue weighted by molar-refractivity contribution is 6.10. The van der Waals surface area contributed by atoms with Crippen molar-refractivity contribution in [3.05, 3.63) is 59.7 Å². The minimum atomic E-state index is -1.05. The molecule has 2 aliphatic rings. The van der Waals surface area contributed by atoms with E-state index in [0.717, 1.165) is 0 Å². The Hall–Kier alpha value is -3.61. The standard InChI is InChI=1S/C27H26O7/c1-33-23-15-17(13-14-22(23)34-27(32)16-7-3-2-4-8-16)24(25-18(28)9-5-10-19(25)29)26-20(30)11-6-12-21(26)31/h2-4,7-8,13-15,24-26H,5-6,9-12H2,1H3. The zero-order chi connectivity index (χ0) is 24.2. The molecule has 0 spiro atoms. The van der Waals surface area contributed by atoms with Gasteiger partial charge in [0.2, 0.25) is 0 Å². The largest absolute Gasteiger partial charge is 0.493 e. The Balaban J connectivity index is 1.73. The number of carbonyl (C=O) groups excluding carboxylic acids is 5. The van der Waals surface area contributed by atoms with Crippen LogP contribution in [0.15, 0.2) is 48.5 Å². The van der Waals surface area contributed by atoms with Crippen LogP contribution in [0.25, 0.3) is 0 Å². The van der Waals surface area contributed by atoms with Crippen LogP contribution in [0.2, 0.25) is 0 Å². The highest BCUT2D eigenvalue weighted by Gasteiger charge is 2.47. The third-order valence-corrected chi connectivity index (χ3v) is 6.58. The molecule has 0 N–H and O–H groups in total. The van der Waals surface area contributed by atoms with E-state index in [4.69, 9.17) is 9.47 Å². The summed E-state index contributed by atoms with van der Waals surface area (Å²) in [6.45, 7) is 0. The Bertz CT molecular complexity index is 1060. The lowest BCUT2D eigenvalue weighted by Gasteiger charge is -2.34. The second-order valence-corrected chi connectivity index (χ2v) is 8.72. The number of hydrogen-bond acceptors (Lipinski definition) is 7. The zero-order valence-electron chi connectivity index (χ0n) is 19.0. The van der Waals surface area contributed by atoms with Crippen molar-refractivity contribution in [2.45, 2.75) is 44.4 Å². The lowest BCUT2D eigenvalue weighted by atomic mass is 9.65. The van der Waals surface area contributed by atoms with E-state index in [9.17, 15) is 24.0 Å². The Morgan fingerprint density at radius 2 is 1.29 bits per heavy atom. The predicted octanol–water partition coefficient (Wildman–Crippen LogP) is 3.87. The maximum absolute atomic E-state index is 12.9. The molecule has 0 heterocycles. The van der Waals surface area contributed by atoms with Gasteiger partial charge >= 0.3 is 5.97 Å². The van der Waals surface area contributed by atoms with Crippen LogP contribution >= 0.6 is 0 Å². The van der Waals surface area contributed by atoms with Gasteiger partial charge in [-0.2, -0.15) is 0 Å². The Kier molecular flexibility index (Phi) is 7.01. The van der Waals surface area contributed by atoms with Crippen molar-refractivity contribution >= 4 is 29.1 Å². The monoisotopic (exact) mass is 462 g/mol. The van der Waals surface area contributed by atoms with Crippen molar-refractivity contribution in [3.63, 3.8) is 0 Å². The molecule has 2 saturated carbocycles. The molecule has 0 unspecified atom stereocenters. The van der Waals surface area contributed by atoms with Gasteiger partial charge in [-0.25, -0.2) is 4.79 Å². The molecule has 34 heavy (non-hydrogen) atoms. The average Bonchev–Trinajstić information content (AvgIpc) is 2.83. The van der Waals surface area contributed by atoms with E-state index in [1.165, 1.54) is 13.2 Å². The quantitative estimate of drug-likeness (QED) is 0.365. The molecule has 0 amide bonds. The fourth-order valence-electron chi connectivity index (χ4n) is 4.94. The number of hydrogen-bond donors (Lipinski definition) is 0. The van der Waals surface area contributed by atoms with E-state index < -0.39 is 23.7 Å².